The lowest BCUT2D eigenvalue weighted by Crippen LogP contribution is -2.15. The van der Waals surface area contributed by atoms with Gasteiger partial charge in [-0.1, -0.05) is 20.8 Å². The Morgan fingerprint density at radius 2 is 1.86 bits per heavy atom. The highest BCUT2D eigenvalue weighted by molar-refractivity contribution is 5.41. The van der Waals surface area contributed by atoms with E-state index in [1.807, 2.05) is 33.8 Å². The number of rotatable bonds is 0. The van der Waals surface area contributed by atoms with Gasteiger partial charge in [0.25, 0.3) is 0 Å². The molecule has 0 bridgehead atoms. The predicted octanol–water partition coefficient (Wildman–Crippen LogP) is 3.30. The number of nitriles is 1. The van der Waals surface area contributed by atoms with E-state index in [0.29, 0.717) is 11.1 Å². The molecule has 0 aliphatic rings. The van der Waals surface area contributed by atoms with E-state index in [-0.39, 0.29) is 11.2 Å². The Morgan fingerprint density at radius 3 is 2.21 bits per heavy atom. The minimum atomic E-state index is -0.283. The first kappa shape index (κ1) is 10.7. The monoisotopic (exact) mass is 191 g/mol. The molecule has 0 aliphatic carbocycles. The highest BCUT2D eigenvalue weighted by Gasteiger charge is 2.21. The lowest BCUT2D eigenvalue weighted by molar-refractivity contribution is 0.519. The third kappa shape index (κ3) is 1.93. The molecular formula is C12H14FN. The van der Waals surface area contributed by atoms with Crippen LogP contribution in [0.15, 0.2) is 12.1 Å². The second-order valence-corrected chi connectivity index (χ2v) is 4.51. The van der Waals surface area contributed by atoms with E-state index in [4.69, 9.17) is 5.26 Å². The van der Waals surface area contributed by atoms with Crippen LogP contribution < -0.4 is 0 Å². The second kappa shape index (κ2) is 3.42. The molecule has 1 nitrogen and oxygen atoms in total. The first-order chi connectivity index (χ1) is 6.36. The van der Waals surface area contributed by atoms with Crippen LogP contribution in [0.25, 0.3) is 0 Å². The molecule has 1 aromatic rings. The molecule has 0 aliphatic heterocycles. The first-order valence-electron chi connectivity index (χ1n) is 4.57. The maximum absolute atomic E-state index is 13.6. The normalized spacial score (nSPS) is 11.1. The fourth-order valence-electron chi connectivity index (χ4n) is 1.76. The maximum Gasteiger partial charge on any atom is 0.128 e. The average molecular weight is 191 g/mol. The summed E-state index contributed by atoms with van der Waals surface area (Å²) in [5.41, 5.74) is 1.70. The second-order valence-electron chi connectivity index (χ2n) is 4.51. The van der Waals surface area contributed by atoms with Crippen LogP contribution in [0.1, 0.15) is 37.5 Å². The van der Waals surface area contributed by atoms with Gasteiger partial charge in [-0.3, -0.25) is 0 Å². The Kier molecular flexibility index (Phi) is 2.62. The molecule has 74 valence electrons. The lowest BCUT2D eigenvalue weighted by Gasteiger charge is -2.22. The maximum atomic E-state index is 13.6. The number of hydrogen-bond acceptors (Lipinski definition) is 1. The number of aryl methyl sites for hydroxylation is 1. The summed E-state index contributed by atoms with van der Waals surface area (Å²) < 4.78 is 13.6. The van der Waals surface area contributed by atoms with Gasteiger partial charge >= 0.3 is 0 Å². The van der Waals surface area contributed by atoms with E-state index in [1.54, 1.807) is 6.07 Å². The van der Waals surface area contributed by atoms with Crippen molar-refractivity contribution in [1.82, 2.24) is 0 Å². The van der Waals surface area contributed by atoms with Gasteiger partial charge < -0.3 is 0 Å². The van der Waals surface area contributed by atoms with E-state index in [0.717, 1.165) is 5.56 Å². The standard InChI is InChI=1S/C12H14FN/c1-8-5-9(7-14)6-10(13)11(8)12(2,3)4/h5-6H,1-4H3. The van der Waals surface area contributed by atoms with Crippen molar-refractivity contribution in [1.29, 1.82) is 5.26 Å². The molecular weight excluding hydrogens is 177 g/mol. The fraction of sp³-hybridized carbons (Fsp3) is 0.417. The molecule has 0 amide bonds. The molecule has 1 aromatic carbocycles. The third-order valence-electron chi connectivity index (χ3n) is 2.17. The summed E-state index contributed by atoms with van der Waals surface area (Å²) in [4.78, 5) is 0. The Balaban J connectivity index is 3.42. The van der Waals surface area contributed by atoms with E-state index in [1.165, 1.54) is 6.07 Å². The molecule has 0 atom stereocenters. The van der Waals surface area contributed by atoms with Crippen LogP contribution >= 0.6 is 0 Å². The molecule has 0 N–H and O–H groups in total. The van der Waals surface area contributed by atoms with Gasteiger partial charge in [-0.25, -0.2) is 4.39 Å². The van der Waals surface area contributed by atoms with Gasteiger partial charge in [0.15, 0.2) is 0 Å². The zero-order chi connectivity index (χ0) is 10.9. The smallest absolute Gasteiger partial charge is 0.128 e. The Morgan fingerprint density at radius 1 is 1.29 bits per heavy atom. The molecule has 0 heterocycles. The SMILES string of the molecule is Cc1cc(C#N)cc(F)c1C(C)(C)C. The van der Waals surface area contributed by atoms with E-state index >= 15 is 0 Å². The van der Waals surface area contributed by atoms with Crippen molar-refractivity contribution in [2.45, 2.75) is 33.1 Å². The minimum absolute atomic E-state index is 0.220. The van der Waals surface area contributed by atoms with Gasteiger partial charge in [0.1, 0.15) is 5.82 Å². The topological polar surface area (TPSA) is 23.8 Å². The van der Waals surface area contributed by atoms with Crippen LogP contribution in [0.5, 0.6) is 0 Å². The van der Waals surface area contributed by atoms with Gasteiger partial charge in [-0.15, -0.1) is 0 Å². The molecule has 0 radical (unpaired) electrons. The Labute approximate surface area is 84.2 Å². The van der Waals surface area contributed by atoms with Crippen LogP contribution in [0, 0.1) is 24.1 Å². The number of hydrogen-bond donors (Lipinski definition) is 0. The molecule has 0 aromatic heterocycles. The predicted molar refractivity (Wildman–Crippen MR) is 54.6 cm³/mol. The van der Waals surface area contributed by atoms with Crippen molar-refractivity contribution in [3.63, 3.8) is 0 Å². The van der Waals surface area contributed by atoms with Crippen molar-refractivity contribution in [3.8, 4) is 6.07 Å². The fourth-order valence-corrected chi connectivity index (χ4v) is 1.76. The summed E-state index contributed by atoms with van der Waals surface area (Å²) in [6, 6.07) is 4.97. The van der Waals surface area contributed by atoms with Gasteiger partial charge in [-0.2, -0.15) is 5.26 Å². The third-order valence-corrected chi connectivity index (χ3v) is 2.17. The first-order valence-corrected chi connectivity index (χ1v) is 4.57. The van der Waals surface area contributed by atoms with E-state index in [2.05, 4.69) is 0 Å². The molecule has 0 unspecified atom stereocenters. The zero-order valence-corrected chi connectivity index (χ0v) is 8.98. The molecule has 0 spiro atoms. The van der Waals surface area contributed by atoms with Crippen LogP contribution in [-0.2, 0) is 5.41 Å². The molecule has 14 heavy (non-hydrogen) atoms. The van der Waals surface area contributed by atoms with Crippen LogP contribution in [-0.4, -0.2) is 0 Å². The summed E-state index contributed by atoms with van der Waals surface area (Å²) in [6.45, 7) is 7.73. The Hall–Kier alpha value is -1.36. The van der Waals surface area contributed by atoms with Crippen LogP contribution in [0.2, 0.25) is 0 Å². The van der Waals surface area contributed by atoms with Gasteiger partial charge in [0.05, 0.1) is 11.6 Å². The average Bonchev–Trinajstić information content (AvgIpc) is 1.99. The summed E-state index contributed by atoms with van der Waals surface area (Å²) >= 11 is 0. The highest BCUT2D eigenvalue weighted by atomic mass is 19.1. The van der Waals surface area contributed by atoms with Crippen molar-refractivity contribution < 1.29 is 4.39 Å². The van der Waals surface area contributed by atoms with Crippen molar-refractivity contribution in [2.75, 3.05) is 0 Å². The molecule has 0 fully saturated rings. The molecule has 2 heteroatoms. The zero-order valence-electron chi connectivity index (χ0n) is 8.98. The minimum Gasteiger partial charge on any atom is -0.207 e. The van der Waals surface area contributed by atoms with Crippen molar-refractivity contribution >= 4 is 0 Å². The number of nitrogens with zero attached hydrogens (tertiary/aromatic N) is 1. The highest BCUT2D eigenvalue weighted by Crippen LogP contribution is 2.28. The number of benzene rings is 1. The molecule has 0 saturated heterocycles. The number of halogens is 1. The summed E-state index contributed by atoms with van der Waals surface area (Å²) in [5, 5.41) is 8.66. The van der Waals surface area contributed by atoms with Gasteiger partial charge in [0.2, 0.25) is 0 Å². The summed E-state index contributed by atoms with van der Waals surface area (Å²) in [5.74, 6) is -0.283. The molecule has 0 saturated carbocycles. The summed E-state index contributed by atoms with van der Waals surface area (Å²) in [6.07, 6.45) is 0. The van der Waals surface area contributed by atoms with Crippen LogP contribution in [0.4, 0.5) is 4.39 Å². The molecule has 1 rings (SSSR count). The van der Waals surface area contributed by atoms with E-state index in [9.17, 15) is 4.39 Å². The Bertz CT molecular complexity index is 371. The van der Waals surface area contributed by atoms with Crippen molar-refractivity contribution in [3.05, 3.63) is 34.6 Å². The van der Waals surface area contributed by atoms with Gasteiger partial charge in [0, 0.05) is 0 Å². The van der Waals surface area contributed by atoms with Crippen molar-refractivity contribution in [2.24, 2.45) is 0 Å². The van der Waals surface area contributed by atoms with Crippen LogP contribution in [0.3, 0.4) is 0 Å². The summed E-state index contributed by atoms with van der Waals surface area (Å²) in [7, 11) is 0. The van der Waals surface area contributed by atoms with E-state index < -0.39 is 0 Å². The quantitative estimate of drug-likeness (QED) is 0.617. The van der Waals surface area contributed by atoms with Gasteiger partial charge in [-0.05, 0) is 35.6 Å². The lowest BCUT2D eigenvalue weighted by atomic mass is 9.83. The largest absolute Gasteiger partial charge is 0.207 e.